The molecule has 0 N–H and O–H groups in total. The van der Waals surface area contributed by atoms with E-state index in [-0.39, 0.29) is 11.7 Å². The van der Waals surface area contributed by atoms with Crippen molar-refractivity contribution in [1.82, 2.24) is 9.97 Å². The summed E-state index contributed by atoms with van der Waals surface area (Å²) in [7, 11) is 1.80. The Morgan fingerprint density at radius 3 is 2.77 bits per heavy atom. The van der Waals surface area contributed by atoms with Crippen LogP contribution >= 0.6 is 11.3 Å². The average Bonchev–Trinajstić information content (AvgIpc) is 2.97. The Balaban J connectivity index is 1.97. The summed E-state index contributed by atoms with van der Waals surface area (Å²) in [6, 6.07) is 10.8. The van der Waals surface area contributed by atoms with Crippen LogP contribution in [0.5, 0.6) is 0 Å². The van der Waals surface area contributed by atoms with Gasteiger partial charge in [-0.05, 0) is 25.1 Å². The van der Waals surface area contributed by atoms with Gasteiger partial charge in [0.25, 0.3) is 0 Å². The molecule has 2 heterocycles. The lowest BCUT2D eigenvalue weighted by Gasteiger charge is -2.23. The van der Waals surface area contributed by atoms with E-state index < -0.39 is 4.92 Å². The van der Waals surface area contributed by atoms with Crippen molar-refractivity contribution in [3.63, 3.8) is 0 Å². The predicted octanol–water partition coefficient (Wildman–Crippen LogP) is 3.80. The molecule has 0 aliphatic rings. The zero-order chi connectivity index (χ0) is 15.7. The highest BCUT2D eigenvalue weighted by Gasteiger charge is 2.24. The summed E-state index contributed by atoms with van der Waals surface area (Å²) in [5, 5.41) is 12.1. The molecular weight excluding hydrogens is 300 g/mol. The zero-order valence-corrected chi connectivity index (χ0v) is 12.9. The number of aromatic nitrogens is 2. The van der Waals surface area contributed by atoms with Crippen LogP contribution in [0.4, 0.5) is 11.5 Å². The maximum atomic E-state index is 11.2. The quantitative estimate of drug-likeness (QED) is 0.541. The minimum atomic E-state index is -0.413. The van der Waals surface area contributed by atoms with Crippen LogP contribution in [-0.2, 0) is 0 Å². The number of fused-ring (bicyclic) bond motifs is 1. The monoisotopic (exact) mass is 314 g/mol. The predicted molar refractivity (Wildman–Crippen MR) is 87.3 cm³/mol. The second kappa shape index (κ2) is 5.69. The molecule has 0 fully saturated rings. The lowest BCUT2D eigenvalue weighted by Crippen LogP contribution is -2.23. The Bertz CT molecular complexity index is 800. The van der Waals surface area contributed by atoms with Gasteiger partial charge in [-0.15, -0.1) is 11.3 Å². The fourth-order valence-corrected chi connectivity index (χ4v) is 3.28. The van der Waals surface area contributed by atoms with E-state index in [2.05, 4.69) is 9.97 Å². The smallest absolute Gasteiger partial charge is 0.311 e. The van der Waals surface area contributed by atoms with Crippen LogP contribution < -0.4 is 4.90 Å². The number of anilines is 1. The molecule has 0 aliphatic carbocycles. The number of benzene rings is 1. The summed E-state index contributed by atoms with van der Waals surface area (Å²) in [6.45, 7) is 1.97. The third-order valence-electron chi connectivity index (χ3n) is 3.55. The van der Waals surface area contributed by atoms with Gasteiger partial charge >= 0.3 is 5.69 Å². The fourth-order valence-electron chi connectivity index (χ4n) is 2.22. The first-order valence-electron chi connectivity index (χ1n) is 6.75. The average molecular weight is 314 g/mol. The summed E-state index contributed by atoms with van der Waals surface area (Å²) in [6.07, 6.45) is 1.56. The first kappa shape index (κ1) is 14.4. The highest BCUT2D eigenvalue weighted by Crippen LogP contribution is 2.33. The van der Waals surface area contributed by atoms with Gasteiger partial charge in [0, 0.05) is 19.3 Å². The highest BCUT2D eigenvalue weighted by atomic mass is 32.1. The van der Waals surface area contributed by atoms with E-state index in [1.165, 1.54) is 6.07 Å². The zero-order valence-electron chi connectivity index (χ0n) is 12.1. The second-order valence-corrected chi connectivity index (χ2v) is 5.97. The van der Waals surface area contributed by atoms with Gasteiger partial charge < -0.3 is 4.90 Å². The number of thiazole rings is 1. The van der Waals surface area contributed by atoms with Gasteiger partial charge in [-0.2, -0.15) is 0 Å². The molecule has 0 radical (unpaired) electrons. The summed E-state index contributed by atoms with van der Waals surface area (Å²) >= 11 is 1.59. The molecule has 3 aromatic rings. The molecule has 112 valence electrons. The number of nitro groups is 1. The normalized spacial score (nSPS) is 12.3. The maximum Gasteiger partial charge on any atom is 0.311 e. The first-order chi connectivity index (χ1) is 10.6. The van der Waals surface area contributed by atoms with Crippen molar-refractivity contribution in [2.24, 2.45) is 0 Å². The molecule has 6 nitrogen and oxygen atoms in total. The second-order valence-electron chi connectivity index (χ2n) is 4.91. The van der Waals surface area contributed by atoms with Crippen LogP contribution in [0.1, 0.15) is 18.0 Å². The van der Waals surface area contributed by atoms with Crippen molar-refractivity contribution in [2.45, 2.75) is 13.0 Å². The molecular formula is C15H14N4O2S. The van der Waals surface area contributed by atoms with E-state index >= 15 is 0 Å². The number of rotatable bonds is 4. The van der Waals surface area contributed by atoms with E-state index in [9.17, 15) is 10.1 Å². The van der Waals surface area contributed by atoms with Gasteiger partial charge in [0.2, 0.25) is 5.82 Å². The minimum Gasteiger partial charge on any atom is -0.345 e. The molecule has 1 atom stereocenters. The van der Waals surface area contributed by atoms with E-state index in [0.29, 0.717) is 5.82 Å². The van der Waals surface area contributed by atoms with Crippen molar-refractivity contribution in [2.75, 3.05) is 11.9 Å². The Hall–Kier alpha value is -2.54. The summed E-state index contributed by atoms with van der Waals surface area (Å²) < 4.78 is 1.10. The highest BCUT2D eigenvalue weighted by molar-refractivity contribution is 7.18. The topological polar surface area (TPSA) is 72.2 Å². The van der Waals surface area contributed by atoms with E-state index in [4.69, 9.17) is 0 Å². The summed E-state index contributed by atoms with van der Waals surface area (Å²) in [4.78, 5) is 21.3. The Morgan fingerprint density at radius 2 is 2.05 bits per heavy atom. The maximum absolute atomic E-state index is 11.2. The number of hydrogen-bond donors (Lipinski definition) is 0. The molecule has 1 aromatic carbocycles. The van der Waals surface area contributed by atoms with Crippen LogP contribution in [0, 0.1) is 10.1 Å². The van der Waals surface area contributed by atoms with E-state index in [0.717, 1.165) is 15.2 Å². The third kappa shape index (κ3) is 2.50. The molecule has 22 heavy (non-hydrogen) atoms. The largest absolute Gasteiger partial charge is 0.345 e. The molecule has 0 spiro atoms. The Morgan fingerprint density at radius 1 is 1.27 bits per heavy atom. The Kier molecular flexibility index (Phi) is 3.72. The van der Waals surface area contributed by atoms with Crippen LogP contribution in [0.3, 0.4) is 0 Å². The van der Waals surface area contributed by atoms with Crippen LogP contribution in [0.25, 0.3) is 10.2 Å². The third-order valence-corrected chi connectivity index (χ3v) is 4.75. The van der Waals surface area contributed by atoms with Gasteiger partial charge in [-0.1, -0.05) is 12.1 Å². The minimum absolute atomic E-state index is 0.00189. The van der Waals surface area contributed by atoms with Crippen molar-refractivity contribution in [1.29, 1.82) is 0 Å². The van der Waals surface area contributed by atoms with Gasteiger partial charge in [0.05, 0.1) is 21.2 Å². The molecule has 7 heteroatoms. The molecule has 0 unspecified atom stereocenters. The number of pyridine rings is 1. The lowest BCUT2D eigenvalue weighted by atomic mass is 10.3. The standard InChI is InChI=1S/C15H14N4O2S/c1-10(15-17-11-6-3-4-8-13(11)22-15)18(2)14-12(19(20)21)7-5-9-16-14/h3-10H,1-2H3/t10-/m1/s1. The number of hydrogen-bond acceptors (Lipinski definition) is 6. The molecule has 0 amide bonds. The number of para-hydroxylation sites is 1. The van der Waals surface area contributed by atoms with Gasteiger partial charge in [0.1, 0.15) is 5.01 Å². The lowest BCUT2D eigenvalue weighted by molar-refractivity contribution is -0.384. The van der Waals surface area contributed by atoms with E-state index in [1.807, 2.05) is 31.2 Å². The SMILES string of the molecule is C[C@H](c1nc2ccccc2s1)N(C)c1ncccc1[N+](=O)[O-]. The van der Waals surface area contributed by atoms with Crippen LogP contribution in [0.15, 0.2) is 42.6 Å². The number of nitrogens with zero attached hydrogens (tertiary/aromatic N) is 4. The van der Waals surface area contributed by atoms with Crippen molar-refractivity contribution >= 4 is 33.1 Å². The van der Waals surface area contributed by atoms with Crippen LogP contribution in [-0.4, -0.2) is 21.9 Å². The summed E-state index contributed by atoms with van der Waals surface area (Å²) in [5.74, 6) is 0.347. The molecule has 3 rings (SSSR count). The molecule has 2 aromatic heterocycles. The van der Waals surface area contributed by atoms with Crippen LogP contribution in [0.2, 0.25) is 0 Å². The first-order valence-corrected chi connectivity index (χ1v) is 7.57. The Labute approximate surface area is 131 Å². The van der Waals surface area contributed by atoms with Crippen molar-refractivity contribution in [3.05, 3.63) is 57.7 Å². The molecule has 0 saturated carbocycles. The molecule has 0 saturated heterocycles. The van der Waals surface area contributed by atoms with E-state index in [1.54, 1.807) is 35.5 Å². The molecule has 0 bridgehead atoms. The van der Waals surface area contributed by atoms with Gasteiger partial charge in [0.15, 0.2) is 0 Å². The van der Waals surface area contributed by atoms with Gasteiger partial charge in [-0.3, -0.25) is 10.1 Å². The fraction of sp³-hybridized carbons (Fsp3) is 0.200. The molecule has 0 aliphatic heterocycles. The van der Waals surface area contributed by atoms with Gasteiger partial charge in [-0.25, -0.2) is 9.97 Å². The van der Waals surface area contributed by atoms with Crippen molar-refractivity contribution in [3.8, 4) is 0 Å². The van der Waals surface area contributed by atoms with Crippen molar-refractivity contribution < 1.29 is 4.92 Å². The summed E-state index contributed by atoms with van der Waals surface area (Å²) in [5.41, 5.74) is 0.941.